The summed E-state index contributed by atoms with van der Waals surface area (Å²) in [6.07, 6.45) is 2.66. The first-order valence-electron chi connectivity index (χ1n) is 5.61. The summed E-state index contributed by atoms with van der Waals surface area (Å²) in [6, 6.07) is 0. The van der Waals surface area contributed by atoms with Gasteiger partial charge in [-0.1, -0.05) is 0 Å². The van der Waals surface area contributed by atoms with Crippen LogP contribution in [0.3, 0.4) is 0 Å². The molecule has 0 atom stereocenters. The van der Waals surface area contributed by atoms with Crippen LogP contribution in [-0.2, 0) is 6.54 Å². The molecule has 1 aromatic heterocycles. The molecule has 15 heavy (non-hydrogen) atoms. The first kappa shape index (κ1) is 10.9. The van der Waals surface area contributed by atoms with E-state index in [1.807, 2.05) is 18.4 Å². The first-order chi connectivity index (χ1) is 7.26. The van der Waals surface area contributed by atoms with E-state index in [1.165, 1.54) is 28.5 Å². The van der Waals surface area contributed by atoms with Crippen LogP contribution in [-0.4, -0.2) is 25.6 Å². The normalized spacial score (nSPS) is 15.7. The van der Waals surface area contributed by atoms with Crippen LogP contribution in [0, 0.1) is 0 Å². The fourth-order valence-electron chi connectivity index (χ4n) is 1.61. The molecule has 0 aromatic carbocycles. The molecule has 0 unspecified atom stereocenters. The van der Waals surface area contributed by atoms with Gasteiger partial charge in [0.25, 0.3) is 0 Å². The van der Waals surface area contributed by atoms with Crippen molar-refractivity contribution in [3.63, 3.8) is 0 Å². The standard InChI is InChI=1S/C11H19N3S/c1-4-14(3)11-13-10(8-5-6-8)9(15-11)7-12-2/h8,12H,4-7H2,1-3H3. The Morgan fingerprint density at radius 2 is 2.27 bits per heavy atom. The molecule has 1 fully saturated rings. The summed E-state index contributed by atoms with van der Waals surface area (Å²) in [4.78, 5) is 8.41. The van der Waals surface area contributed by atoms with Crippen LogP contribution in [0.15, 0.2) is 0 Å². The van der Waals surface area contributed by atoms with Crippen molar-refractivity contribution in [2.45, 2.75) is 32.2 Å². The monoisotopic (exact) mass is 225 g/mol. The van der Waals surface area contributed by atoms with Gasteiger partial charge < -0.3 is 10.2 Å². The molecule has 2 rings (SSSR count). The van der Waals surface area contributed by atoms with Gasteiger partial charge in [0.05, 0.1) is 5.69 Å². The third kappa shape index (κ3) is 2.32. The molecule has 3 nitrogen and oxygen atoms in total. The first-order valence-corrected chi connectivity index (χ1v) is 6.43. The van der Waals surface area contributed by atoms with Gasteiger partial charge in [0.15, 0.2) is 5.13 Å². The van der Waals surface area contributed by atoms with Crippen LogP contribution >= 0.6 is 11.3 Å². The maximum Gasteiger partial charge on any atom is 0.185 e. The summed E-state index contributed by atoms with van der Waals surface area (Å²) >= 11 is 1.84. The predicted molar refractivity (Wildman–Crippen MR) is 65.8 cm³/mol. The minimum atomic E-state index is 0.753. The molecule has 1 N–H and O–H groups in total. The topological polar surface area (TPSA) is 28.2 Å². The quantitative estimate of drug-likeness (QED) is 0.832. The van der Waals surface area contributed by atoms with Crippen LogP contribution in [0.1, 0.15) is 36.3 Å². The Kier molecular flexibility index (Phi) is 3.26. The molecule has 0 saturated heterocycles. The van der Waals surface area contributed by atoms with Crippen LogP contribution in [0.2, 0.25) is 0 Å². The van der Waals surface area contributed by atoms with E-state index in [2.05, 4.69) is 24.2 Å². The molecule has 1 aliphatic rings. The minimum Gasteiger partial charge on any atom is -0.351 e. The van der Waals surface area contributed by atoms with E-state index < -0.39 is 0 Å². The van der Waals surface area contributed by atoms with Crippen LogP contribution in [0.4, 0.5) is 5.13 Å². The highest BCUT2D eigenvalue weighted by molar-refractivity contribution is 7.15. The summed E-state index contributed by atoms with van der Waals surface area (Å²) in [5.74, 6) is 0.753. The Bertz CT molecular complexity index is 331. The molecule has 1 aliphatic carbocycles. The smallest absolute Gasteiger partial charge is 0.185 e. The van der Waals surface area contributed by atoms with Gasteiger partial charge in [-0.2, -0.15) is 0 Å². The minimum absolute atomic E-state index is 0.753. The van der Waals surface area contributed by atoms with Gasteiger partial charge in [-0.05, 0) is 26.8 Å². The fourth-order valence-corrected chi connectivity index (χ4v) is 2.79. The molecule has 0 aliphatic heterocycles. The predicted octanol–water partition coefficient (Wildman–Crippen LogP) is 2.20. The van der Waals surface area contributed by atoms with Crippen molar-refractivity contribution in [1.82, 2.24) is 10.3 Å². The van der Waals surface area contributed by atoms with E-state index in [1.54, 1.807) is 0 Å². The maximum atomic E-state index is 4.77. The van der Waals surface area contributed by atoms with Gasteiger partial charge in [-0.25, -0.2) is 4.98 Å². The van der Waals surface area contributed by atoms with Crippen molar-refractivity contribution >= 4 is 16.5 Å². The van der Waals surface area contributed by atoms with Gasteiger partial charge in [-0.15, -0.1) is 11.3 Å². The average molecular weight is 225 g/mol. The summed E-state index contributed by atoms with van der Waals surface area (Å²) < 4.78 is 0. The van der Waals surface area contributed by atoms with Crippen molar-refractivity contribution in [2.75, 3.05) is 25.5 Å². The van der Waals surface area contributed by atoms with Gasteiger partial charge >= 0.3 is 0 Å². The second-order valence-corrected chi connectivity index (χ2v) is 5.19. The SMILES string of the molecule is CCN(C)c1nc(C2CC2)c(CNC)s1. The number of rotatable bonds is 5. The molecule has 1 saturated carbocycles. The number of nitrogens with one attached hydrogen (secondary N) is 1. The number of aromatic nitrogens is 1. The lowest BCUT2D eigenvalue weighted by atomic mass is 10.2. The Morgan fingerprint density at radius 3 is 2.80 bits per heavy atom. The molecule has 0 radical (unpaired) electrons. The fraction of sp³-hybridized carbons (Fsp3) is 0.727. The van der Waals surface area contributed by atoms with E-state index in [0.29, 0.717) is 0 Å². The molecular weight excluding hydrogens is 206 g/mol. The number of hydrogen-bond acceptors (Lipinski definition) is 4. The Balaban J connectivity index is 2.22. The molecule has 0 amide bonds. The molecule has 0 spiro atoms. The van der Waals surface area contributed by atoms with Gasteiger partial charge in [0.1, 0.15) is 0 Å². The second-order valence-electron chi connectivity index (χ2n) is 4.12. The van der Waals surface area contributed by atoms with Crippen LogP contribution in [0.5, 0.6) is 0 Å². The number of thiazole rings is 1. The summed E-state index contributed by atoms with van der Waals surface area (Å²) in [7, 11) is 4.11. The lowest BCUT2D eigenvalue weighted by molar-refractivity contribution is 0.812. The van der Waals surface area contributed by atoms with E-state index >= 15 is 0 Å². The highest BCUT2D eigenvalue weighted by Gasteiger charge is 2.29. The van der Waals surface area contributed by atoms with Gasteiger partial charge in [0, 0.05) is 30.9 Å². The third-order valence-electron chi connectivity index (χ3n) is 2.82. The molecule has 1 heterocycles. The van der Waals surface area contributed by atoms with E-state index in [9.17, 15) is 0 Å². The van der Waals surface area contributed by atoms with Crippen molar-refractivity contribution in [3.8, 4) is 0 Å². The largest absolute Gasteiger partial charge is 0.351 e. The van der Waals surface area contributed by atoms with Crippen LogP contribution in [0.25, 0.3) is 0 Å². The zero-order valence-corrected chi connectivity index (χ0v) is 10.5. The lowest BCUT2D eigenvalue weighted by Gasteiger charge is -2.11. The Hall–Kier alpha value is -0.610. The van der Waals surface area contributed by atoms with E-state index in [4.69, 9.17) is 4.98 Å². The summed E-state index contributed by atoms with van der Waals surface area (Å²) in [5, 5.41) is 4.40. The Morgan fingerprint density at radius 1 is 1.53 bits per heavy atom. The van der Waals surface area contributed by atoms with Crippen molar-refractivity contribution in [3.05, 3.63) is 10.6 Å². The summed E-state index contributed by atoms with van der Waals surface area (Å²) in [6.45, 7) is 4.15. The van der Waals surface area contributed by atoms with Crippen molar-refractivity contribution in [1.29, 1.82) is 0 Å². The number of anilines is 1. The Labute approximate surface area is 95.5 Å². The number of nitrogens with zero attached hydrogens (tertiary/aromatic N) is 2. The molecular formula is C11H19N3S. The molecule has 0 bridgehead atoms. The van der Waals surface area contributed by atoms with Gasteiger partial charge in [-0.3, -0.25) is 0 Å². The average Bonchev–Trinajstić information content (AvgIpc) is 3.00. The van der Waals surface area contributed by atoms with E-state index in [-0.39, 0.29) is 0 Å². The number of hydrogen-bond donors (Lipinski definition) is 1. The van der Waals surface area contributed by atoms with Crippen LogP contribution < -0.4 is 10.2 Å². The highest BCUT2D eigenvalue weighted by atomic mass is 32.1. The van der Waals surface area contributed by atoms with Crippen molar-refractivity contribution in [2.24, 2.45) is 0 Å². The maximum absolute atomic E-state index is 4.77. The highest BCUT2D eigenvalue weighted by Crippen LogP contribution is 2.43. The molecule has 84 valence electrons. The lowest BCUT2D eigenvalue weighted by Crippen LogP contribution is -2.15. The summed E-state index contributed by atoms with van der Waals surface area (Å²) in [5.41, 5.74) is 1.35. The second kappa shape index (κ2) is 4.49. The third-order valence-corrected chi connectivity index (χ3v) is 4.00. The molecule has 4 heteroatoms. The van der Waals surface area contributed by atoms with Crippen molar-refractivity contribution < 1.29 is 0 Å². The van der Waals surface area contributed by atoms with E-state index in [0.717, 1.165) is 19.0 Å². The zero-order chi connectivity index (χ0) is 10.8. The molecule has 1 aromatic rings. The van der Waals surface area contributed by atoms with Gasteiger partial charge in [0.2, 0.25) is 0 Å². The zero-order valence-electron chi connectivity index (χ0n) is 9.71.